The number of aryl methyl sites for hydroxylation is 2. The summed E-state index contributed by atoms with van der Waals surface area (Å²) in [4.78, 5) is 0.0840. The van der Waals surface area contributed by atoms with E-state index in [-0.39, 0.29) is 10.9 Å². The zero-order valence-corrected chi connectivity index (χ0v) is 16.9. The summed E-state index contributed by atoms with van der Waals surface area (Å²) in [6.07, 6.45) is 5.26. The van der Waals surface area contributed by atoms with Crippen molar-refractivity contribution in [2.75, 3.05) is 14.2 Å². The SMILES string of the molecule is CC[C@H](NS(=O)(=O)c1cc(OC)ccc1OC)c1ccc2c(c1)CCCC2. The van der Waals surface area contributed by atoms with Crippen LogP contribution < -0.4 is 14.2 Å². The number of fused-ring (bicyclic) bond motifs is 1. The summed E-state index contributed by atoms with van der Waals surface area (Å²) in [5.74, 6) is 0.765. The van der Waals surface area contributed by atoms with E-state index in [1.165, 1.54) is 44.3 Å². The number of benzene rings is 2. The van der Waals surface area contributed by atoms with Crippen LogP contribution in [0, 0.1) is 0 Å². The van der Waals surface area contributed by atoms with Crippen LogP contribution in [-0.2, 0) is 22.9 Å². The Labute approximate surface area is 161 Å². The summed E-state index contributed by atoms with van der Waals surface area (Å²) in [6.45, 7) is 1.98. The normalized spacial score (nSPS) is 15.1. The van der Waals surface area contributed by atoms with E-state index in [4.69, 9.17) is 9.47 Å². The molecule has 0 aromatic heterocycles. The lowest BCUT2D eigenvalue weighted by Gasteiger charge is -2.22. The standard InChI is InChI=1S/C21H27NO4S/c1-4-19(17-10-9-15-7-5-6-8-16(15)13-17)22-27(23,24)21-14-18(25-2)11-12-20(21)26-3/h9-14,19,22H,4-8H2,1-3H3/t19-/m0/s1. The van der Waals surface area contributed by atoms with Crippen LogP contribution in [0.25, 0.3) is 0 Å². The molecule has 0 heterocycles. The monoisotopic (exact) mass is 389 g/mol. The fourth-order valence-corrected chi connectivity index (χ4v) is 5.09. The molecule has 2 aromatic carbocycles. The van der Waals surface area contributed by atoms with Crippen molar-refractivity contribution in [3.63, 3.8) is 0 Å². The molecule has 27 heavy (non-hydrogen) atoms. The van der Waals surface area contributed by atoms with E-state index in [1.807, 2.05) is 13.0 Å². The molecule has 0 saturated heterocycles. The Bertz CT molecular complexity index is 908. The maximum absolute atomic E-state index is 13.1. The van der Waals surface area contributed by atoms with Crippen LogP contribution >= 0.6 is 0 Å². The molecule has 0 amide bonds. The second kappa shape index (κ2) is 8.31. The van der Waals surface area contributed by atoms with E-state index >= 15 is 0 Å². The third-order valence-electron chi connectivity index (χ3n) is 5.14. The molecule has 1 N–H and O–H groups in total. The van der Waals surface area contributed by atoms with Crippen LogP contribution in [-0.4, -0.2) is 22.6 Å². The molecule has 5 nitrogen and oxygen atoms in total. The summed E-state index contributed by atoms with van der Waals surface area (Å²) in [5, 5.41) is 0. The highest BCUT2D eigenvalue weighted by molar-refractivity contribution is 7.89. The van der Waals surface area contributed by atoms with E-state index < -0.39 is 10.0 Å². The molecule has 0 unspecified atom stereocenters. The minimum Gasteiger partial charge on any atom is -0.497 e. The van der Waals surface area contributed by atoms with E-state index in [0.717, 1.165) is 18.4 Å². The third kappa shape index (κ3) is 4.28. The summed E-state index contributed by atoms with van der Waals surface area (Å²) in [5.41, 5.74) is 3.73. The molecule has 1 atom stereocenters. The zero-order valence-electron chi connectivity index (χ0n) is 16.1. The second-order valence-corrected chi connectivity index (χ2v) is 8.52. The lowest BCUT2D eigenvalue weighted by Crippen LogP contribution is -2.29. The second-order valence-electron chi connectivity index (χ2n) is 6.83. The van der Waals surface area contributed by atoms with E-state index in [2.05, 4.69) is 16.9 Å². The molecular formula is C21H27NO4S. The topological polar surface area (TPSA) is 64.6 Å². The van der Waals surface area contributed by atoms with Gasteiger partial charge in [-0.1, -0.05) is 25.1 Å². The number of ether oxygens (including phenoxy) is 2. The molecule has 0 saturated carbocycles. The maximum Gasteiger partial charge on any atom is 0.244 e. The zero-order chi connectivity index (χ0) is 19.4. The van der Waals surface area contributed by atoms with Crippen LogP contribution in [0.15, 0.2) is 41.3 Å². The average molecular weight is 390 g/mol. The quantitative estimate of drug-likeness (QED) is 0.777. The molecular weight excluding hydrogens is 362 g/mol. The van der Waals surface area contributed by atoms with E-state index in [9.17, 15) is 8.42 Å². The first-order valence-electron chi connectivity index (χ1n) is 9.34. The summed E-state index contributed by atoms with van der Waals surface area (Å²) in [6, 6.07) is 10.8. The minimum atomic E-state index is -3.77. The third-order valence-corrected chi connectivity index (χ3v) is 6.63. The van der Waals surface area contributed by atoms with Crippen molar-refractivity contribution < 1.29 is 17.9 Å². The fourth-order valence-electron chi connectivity index (χ4n) is 3.60. The predicted octanol–water partition coefficient (Wildman–Crippen LogP) is 4.01. The van der Waals surface area contributed by atoms with Gasteiger partial charge in [0.15, 0.2) is 0 Å². The molecule has 0 fully saturated rings. The summed E-state index contributed by atoms with van der Waals surface area (Å²) >= 11 is 0. The van der Waals surface area contributed by atoms with E-state index in [1.54, 1.807) is 12.1 Å². The lowest BCUT2D eigenvalue weighted by atomic mass is 9.89. The van der Waals surface area contributed by atoms with Crippen molar-refractivity contribution in [1.29, 1.82) is 0 Å². The van der Waals surface area contributed by atoms with Crippen LogP contribution in [0.5, 0.6) is 11.5 Å². The van der Waals surface area contributed by atoms with Crippen LogP contribution in [0.3, 0.4) is 0 Å². The van der Waals surface area contributed by atoms with Gasteiger partial charge in [0, 0.05) is 12.1 Å². The maximum atomic E-state index is 13.1. The van der Waals surface area contributed by atoms with Gasteiger partial charge in [-0.25, -0.2) is 13.1 Å². The smallest absolute Gasteiger partial charge is 0.244 e. The fraction of sp³-hybridized carbons (Fsp3) is 0.429. The molecule has 3 rings (SSSR count). The molecule has 2 aromatic rings. The van der Waals surface area contributed by atoms with Crippen molar-refractivity contribution >= 4 is 10.0 Å². The number of nitrogens with one attached hydrogen (secondary N) is 1. The van der Waals surface area contributed by atoms with Gasteiger partial charge in [-0.3, -0.25) is 0 Å². The van der Waals surface area contributed by atoms with Crippen LogP contribution in [0.4, 0.5) is 0 Å². The Morgan fingerprint density at radius 1 is 1.00 bits per heavy atom. The molecule has 0 aliphatic heterocycles. The van der Waals surface area contributed by atoms with Gasteiger partial charge in [0.25, 0.3) is 0 Å². The van der Waals surface area contributed by atoms with Crippen molar-refractivity contribution in [1.82, 2.24) is 4.72 Å². The Morgan fingerprint density at radius 3 is 2.41 bits per heavy atom. The van der Waals surface area contributed by atoms with Gasteiger partial charge in [-0.05, 0) is 60.9 Å². The molecule has 146 valence electrons. The Balaban J connectivity index is 1.92. The number of methoxy groups -OCH3 is 2. The highest BCUT2D eigenvalue weighted by Gasteiger charge is 2.25. The van der Waals surface area contributed by atoms with Crippen LogP contribution in [0.1, 0.15) is 48.9 Å². The van der Waals surface area contributed by atoms with Gasteiger partial charge in [0.05, 0.1) is 14.2 Å². The van der Waals surface area contributed by atoms with Crippen LogP contribution in [0.2, 0.25) is 0 Å². The highest BCUT2D eigenvalue weighted by Crippen LogP contribution is 2.31. The molecule has 1 aliphatic rings. The van der Waals surface area contributed by atoms with Gasteiger partial charge in [-0.15, -0.1) is 0 Å². The van der Waals surface area contributed by atoms with Gasteiger partial charge >= 0.3 is 0 Å². The number of hydrogen-bond donors (Lipinski definition) is 1. The van der Waals surface area contributed by atoms with Crippen molar-refractivity contribution in [2.45, 2.75) is 50.0 Å². The molecule has 0 spiro atoms. The largest absolute Gasteiger partial charge is 0.497 e. The molecule has 0 radical (unpaired) electrons. The predicted molar refractivity (Wildman–Crippen MR) is 106 cm³/mol. The average Bonchev–Trinajstić information content (AvgIpc) is 2.71. The van der Waals surface area contributed by atoms with E-state index in [0.29, 0.717) is 17.9 Å². The van der Waals surface area contributed by atoms with Gasteiger partial charge in [-0.2, -0.15) is 0 Å². The summed E-state index contributed by atoms with van der Waals surface area (Å²) < 4.78 is 39.4. The first-order chi connectivity index (χ1) is 13.0. The number of hydrogen-bond acceptors (Lipinski definition) is 4. The summed E-state index contributed by atoms with van der Waals surface area (Å²) in [7, 11) is -0.804. The van der Waals surface area contributed by atoms with Gasteiger partial charge in [0.2, 0.25) is 10.0 Å². The first kappa shape index (κ1) is 19.7. The Kier molecular flexibility index (Phi) is 6.07. The minimum absolute atomic E-state index is 0.0840. The number of sulfonamides is 1. The molecule has 0 bridgehead atoms. The van der Waals surface area contributed by atoms with Crippen molar-refractivity contribution in [3.05, 3.63) is 53.1 Å². The Morgan fingerprint density at radius 2 is 1.74 bits per heavy atom. The van der Waals surface area contributed by atoms with Gasteiger partial charge in [0.1, 0.15) is 16.4 Å². The Hall–Kier alpha value is -2.05. The molecule has 1 aliphatic carbocycles. The first-order valence-corrected chi connectivity index (χ1v) is 10.8. The van der Waals surface area contributed by atoms with Crippen molar-refractivity contribution in [3.8, 4) is 11.5 Å². The molecule has 6 heteroatoms. The highest BCUT2D eigenvalue weighted by atomic mass is 32.2. The lowest BCUT2D eigenvalue weighted by molar-refractivity contribution is 0.391. The van der Waals surface area contributed by atoms with Gasteiger partial charge < -0.3 is 9.47 Å². The number of rotatable bonds is 7. The van der Waals surface area contributed by atoms with Crippen molar-refractivity contribution in [2.24, 2.45) is 0 Å².